The van der Waals surface area contributed by atoms with Crippen LogP contribution in [0.4, 0.5) is 23.2 Å². The van der Waals surface area contributed by atoms with Gasteiger partial charge in [-0.25, -0.2) is 9.37 Å². The van der Waals surface area contributed by atoms with Gasteiger partial charge in [-0.1, -0.05) is 6.07 Å². The molecule has 188 valence electrons. The summed E-state index contributed by atoms with van der Waals surface area (Å²) in [6.07, 6.45) is 3.80. The van der Waals surface area contributed by atoms with E-state index in [1.165, 1.54) is 11.3 Å². The van der Waals surface area contributed by atoms with Crippen LogP contribution in [0.15, 0.2) is 29.4 Å². The number of thiazole rings is 1. The Labute approximate surface area is 205 Å². The summed E-state index contributed by atoms with van der Waals surface area (Å²) in [6, 6.07) is 6.03. The maximum absolute atomic E-state index is 15.3. The van der Waals surface area contributed by atoms with Crippen LogP contribution in [0.1, 0.15) is 42.7 Å². The molecule has 0 atom stereocenters. The van der Waals surface area contributed by atoms with Crippen LogP contribution in [0.5, 0.6) is 0 Å². The lowest BCUT2D eigenvalue weighted by molar-refractivity contribution is -0.143. The fourth-order valence-corrected chi connectivity index (χ4v) is 4.54. The number of terminal acetylenes is 1. The molecule has 0 spiro atoms. The Kier molecular flexibility index (Phi) is 9.54. The van der Waals surface area contributed by atoms with Crippen LogP contribution in [0.25, 0.3) is 10.4 Å². The van der Waals surface area contributed by atoms with Crippen LogP contribution in [0.3, 0.4) is 0 Å². The topological polar surface area (TPSA) is 98.4 Å². The highest BCUT2D eigenvalue weighted by Gasteiger charge is 2.41. The molecule has 1 saturated carbocycles. The summed E-state index contributed by atoms with van der Waals surface area (Å²) >= 11 is 1.35. The van der Waals surface area contributed by atoms with E-state index in [1.807, 2.05) is 25.1 Å². The number of aliphatic imine (C=N–C) groups is 1. The van der Waals surface area contributed by atoms with Crippen molar-refractivity contribution in [2.45, 2.75) is 50.9 Å². The van der Waals surface area contributed by atoms with Gasteiger partial charge in [-0.15, -0.1) is 23.7 Å². The number of hydrogen-bond acceptors (Lipinski definition) is 5. The molecule has 1 aliphatic carbocycles. The largest absolute Gasteiger partial charge is 0.481 e. The number of aryl methyl sites for hydroxylation is 1. The number of alkyl halides is 4. The van der Waals surface area contributed by atoms with Gasteiger partial charge in [0.05, 0.1) is 23.6 Å². The summed E-state index contributed by atoms with van der Waals surface area (Å²) in [5, 5.41) is 18.9. The molecule has 0 aliphatic heterocycles. The number of aromatic nitrogens is 1. The Morgan fingerprint density at radius 2 is 2.06 bits per heavy atom. The smallest absolute Gasteiger partial charge is 0.429 e. The first-order valence-electron chi connectivity index (χ1n) is 10.6. The summed E-state index contributed by atoms with van der Waals surface area (Å²) in [7, 11) is 1.69. The zero-order valence-electron chi connectivity index (χ0n) is 19.2. The molecule has 1 aromatic heterocycles. The molecule has 0 unspecified atom stereocenters. The summed E-state index contributed by atoms with van der Waals surface area (Å²) in [6.45, 7) is 2.00. The van der Waals surface area contributed by atoms with Crippen molar-refractivity contribution < 1.29 is 27.5 Å². The predicted molar refractivity (Wildman–Crippen MR) is 130 cm³/mol. The predicted octanol–water partition coefficient (Wildman–Crippen LogP) is 6.22. The van der Waals surface area contributed by atoms with Gasteiger partial charge in [0.15, 0.2) is 5.67 Å². The van der Waals surface area contributed by atoms with Gasteiger partial charge in [-0.2, -0.15) is 13.2 Å². The second kappa shape index (κ2) is 11.9. The molecule has 1 fully saturated rings. The van der Waals surface area contributed by atoms with E-state index in [9.17, 15) is 18.0 Å². The molecular formula is C24H26F4N4O2S. The van der Waals surface area contributed by atoms with Crippen molar-refractivity contribution in [2.24, 2.45) is 10.9 Å². The Hall–Kier alpha value is -3.26. The van der Waals surface area contributed by atoms with Crippen LogP contribution in [-0.2, 0) is 10.5 Å². The monoisotopic (exact) mass is 510 g/mol. The van der Waals surface area contributed by atoms with Crippen molar-refractivity contribution in [1.29, 1.82) is 5.41 Å². The first-order chi connectivity index (χ1) is 16.4. The van der Waals surface area contributed by atoms with E-state index >= 15 is 4.39 Å². The maximum atomic E-state index is 15.3. The van der Waals surface area contributed by atoms with Gasteiger partial charge in [0.25, 0.3) is 0 Å². The number of anilines is 1. The standard InChI is InChI=1S/C19H22FN3O2S.C5H4F3N/c1-12-7-14(9-15(8-12)23-11-21-2)16-10-22-18(26-16)19(20)5-3-13(4-6-19)17(24)25;1-2-3-4(9)5(6,7)8/h7-11,13H,3-6H2,1-2H3,(H,21,23)(H,24,25);1,9H,3H2. The SMILES string of the molecule is C#CCC(=N)C(F)(F)F.CN=CNc1cc(C)cc(-c2cnc(C3(F)CCC(C(=O)O)CC3)s2)c1. The zero-order chi connectivity index (χ0) is 26.2. The second-order valence-electron chi connectivity index (χ2n) is 8.08. The number of halogens is 4. The zero-order valence-corrected chi connectivity index (χ0v) is 20.1. The fraction of sp³-hybridized carbons (Fsp3) is 0.417. The average Bonchev–Trinajstić information content (AvgIpc) is 3.29. The minimum absolute atomic E-state index is 0.213. The molecule has 1 aromatic carbocycles. The van der Waals surface area contributed by atoms with Crippen molar-refractivity contribution >= 4 is 35.0 Å². The van der Waals surface area contributed by atoms with E-state index in [1.54, 1.807) is 25.5 Å². The fourth-order valence-electron chi connectivity index (χ4n) is 3.50. The molecule has 1 heterocycles. The molecule has 0 saturated heterocycles. The van der Waals surface area contributed by atoms with Crippen LogP contribution in [0.2, 0.25) is 0 Å². The molecule has 6 nitrogen and oxygen atoms in total. The number of carboxylic acids is 1. The maximum Gasteiger partial charge on any atom is 0.429 e. The van der Waals surface area contributed by atoms with Gasteiger partial charge >= 0.3 is 12.1 Å². The summed E-state index contributed by atoms with van der Waals surface area (Å²) in [5.74, 6) is 0.457. The first kappa shape index (κ1) is 28.0. The van der Waals surface area contributed by atoms with Gasteiger partial charge < -0.3 is 10.4 Å². The highest BCUT2D eigenvalue weighted by atomic mass is 32.1. The van der Waals surface area contributed by atoms with Gasteiger partial charge in [-0.05, 0) is 55.9 Å². The third-order valence-electron chi connectivity index (χ3n) is 5.36. The van der Waals surface area contributed by atoms with Gasteiger partial charge in [0, 0.05) is 18.9 Å². The lowest BCUT2D eigenvalue weighted by atomic mass is 9.80. The average molecular weight is 511 g/mol. The van der Waals surface area contributed by atoms with E-state index in [2.05, 4.69) is 21.7 Å². The Morgan fingerprint density at radius 3 is 2.57 bits per heavy atom. The summed E-state index contributed by atoms with van der Waals surface area (Å²) < 4.78 is 49.3. The van der Waals surface area contributed by atoms with E-state index in [0.29, 0.717) is 17.8 Å². The van der Waals surface area contributed by atoms with Crippen molar-refractivity contribution in [2.75, 3.05) is 12.4 Å². The third kappa shape index (κ3) is 7.89. The summed E-state index contributed by atoms with van der Waals surface area (Å²) in [5.41, 5.74) is 0.0849. The van der Waals surface area contributed by atoms with Gasteiger partial charge in [0.1, 0.15) is 10.7 Å². The Bertz CT molecular complexity index is 1110. The van der Waals surface area contributed by atoms with Crippen molar-refractivity contribution in [3.05, 3.63) is 35.0 Å². The van der Waals surface area contributed by atoms with E-state index < -0.39 is 35.9 Å². The molecule has 1 aliphatic rings. The number of nitrogens with one attached hydrogen (secondary N) is 2. The molecule has 0 amide bonds. The number of carboxylic acid groups (broad SMARTS) is 1. The Balaban J connectivity index is 0.000000410. The minimum atomic E-state index is -4.55. The quantitative estimate of drug-likeness (QED) is 0.186. The van der Waals surface area contributed by atoms with Crippen LogP contribution < -0.4 is 5.32 Å². The molecule has 11 heteroatoms. The van der Waals surface area contributed by atoms with Gasteiger partial charge in [0.2, 0.25) is 0 Å². The third-order valence-corrected chi connectivity index (χ3v) is 6.59. The molecule has 0 radical (unpaired) electrons. The van der Waals surface area contributed by atoms with E-state index in [-0.39, 0.29) is 12.8 Å². The van der Waals surface area contributed by atoms with Gasteiger partial charge in [-0.3, -0.25) is 15.2 Å². The molecular weight excluding hydrogens is 484 g/mol. The second-order valence-corrected chi connectivity index (χ2v) is 9.11. The molecule has 3 N–H and O–H groups in total. The van der Waals surface area contributed by atoms with E-state index in [0.717, 1.165) is 21.7 Å². The molecule has 35 heavy (non-hydrogen) atoms. The Morgan fingerprint density at radius 1 is 1.40 bits per heavy atom. The number of nitrogens with zero attached hydrogens (tertiary/aromatic N) is 2. The van der Waals surface area contributed by atoms with Crippen LogP contribution >= 0.6 is 11.3 Å². The van der Waals surface area contributed by atoms with Crippen molar-refractivity contribution in [3.63, 3.8) is 0 Å². The minimum Gasteiger partial charge on any atom is -0.481 e. The van der Waals surface area contributed by atoms with Crippen LogP contribution in [-0.4, -0.2) is 41.3 Å². The number of benzene rings is 1. The number of rotatable bonds is 6. The lowest BCUT2D eigenvalue weighted by Gasteiger charge is -2.30. The van der Waals surface area contributed by atoms with Crippen LogP contribution in [0, 0.1) is 30.6 Å². The molecule has 2 aromatic rings. The lowest BCUT2D eigenvalue weighted by Crippen LogP contribution is -2.30. The molecule has 3 rings (SSSR count). The highest BCUT2D eigenvalue weighted by molar-refractivity contribution is 7.15. The first-order valence-corrected chi connectivity index (χ1v) is 11.5. The summed E-state index contributed by atoms with van der Waals surface area (Å²) in [4.78, 5) is 20.2. The normalized spacial score (nSPS) is 20.0. The number of aliphatic carboxylic acids is 1. The van der Waals surface area contributed by atoms with E-state index in [4.69, 9.17) is 10.5 Å². The molecule has 0 bridgehead atoms. The number of hydrogen-bond donors (Lipinski definition) is 3. The highest BCUT2D eigenvalue weighted by Crippen LogP contribution is 2.45. The number of carbonyl (C=O) groups is 1. The van der Waals surface area contributed by atoms with Crippen molar-refractivity contribution in [3.8, 4) is 22.8 Å². The van der Waals surface area contributed by atoms with Crippen molar-refractivity contribution in [1.82, 2.24) is 4.98 Å².